The number of para-hydroxylation sites is 3. The monoisotopic (exact) mass is 265 g/mol. The van der Waals surface area contributed by atoms with Gasteiger partial charge in [0.2, 0.25) is 5.52 Å². The summed E-state index contributed by atoms with van der Waals surface area (Å²) >= 11 is 0. The predicted molar refractivity (Wildman–Crippen MR) is 81.4 cm³/mol. The first kappa shape index (κ1) is 12.5. The van der Waals surface area contributed by atoms with Crippen LogP contribution in [0.3, 0.4) is 0 Å². The zero-order valence-corrected chi connectivity index (χ0v) is 11.6. The fourth-order valence-corrected chi connectivity index (χ4v) is 2.41. The van der Waals surface area contributed by atoms with Crippen molar-refractivity contribution < 1.29 is 10.1 Å². The molecule has 0 aliphatic rings. The maximum atomic E-state index is 9.90. The first-order chi connectivity index (χ1) is 9.65. The van der Waals surface area contributed by atoms with Crippen LogP contribution in [0.5, 0.6) is 5.75 Å². The Morgan fingerprint density at radius 1 is 0.950 bits per heavy atom. The Bertz CT molecular complexity index is 781. The lowest BCUT2D eigenvalue weighted by atomic mass is 10.1. The summed E-state index contributed by atoms with van der Waals surface area (Å²) in [6.45, 7) is 4.12. The van der Waals surface area contributed by atoms with Crippen LogP contribution in [-0.4, -0.2) is 5.11 Å². The molecule has 20 heavy (non-hydrogen) atoms. The van der Waals surface area contributed by atoms with Gasteiger partial charge in [0.05, 0.1) is 16.8 Å². The van der Waals surface area contributed by atoms with Crippen molar-refractivity contribution in [3.05, 3.63) is 59.8 Å². The van der Waals surface area contributed by atoms with E-state index in [4.69, 9.17) is 0 Å². The average Bonchev–Trinajstić information content (AvgIpc) is 2.42. The normalized spacial score (nSPS) is 10.7. The molecule has 0 radical (unpaired) electrons. The molecular weight excluding hydrogens is 248 g/mol. The Balaban J connectivity index is 2.17. The van der Waals surface area contributed by atoms with E-state index in [2.05, 4.69) is 29.4 Å². The fraction of sp³-hybridized carbons (Fsp3) is 0.118. The van der Waals surface area contributed by atoms with Crippen LogP contribution in [0.1, 0.15) is 11.3 Å². The number of rotatable bonds is 2. The summed E-state index contributed by atoms with van der Waals surface area (Å²) in [4.78, 5) is 3.40. The molecule has 1 aromatic heterocycles. The summed E-state index contributed by atoms with van der Waals surface area (Å²) in [6, 6.07) is 15.5. The van der Waals surface area contributed by atoms with Crippen LogP contribution in [0, 0.1) is 13.8 Å². The third-order valence-corrected chi connectivity index (χ3v) is 3.42. The van der Waals surface area contributed by atoms with Crippen LogP contribution in [0.15, 0.2) is 48.5 Å². The van der Waals surface area contributed by atoms with Gasteiger partial charge in [-0.1, -0.05) is 24.3 Å². The molecule has 0 aliphatic carbocycles. The maximum Gasteiger partial charge on any atom is 0.216 e. The van der Waals surface area contributed by atoms with Gasteiger partial charge in [0.25, 0.3) is 0 Å². The number of hydrogen-bond acceptors (Lipinski definition) is 2. The van der Waals surface area contributed by atoms with Gasteiger partial charge >= 0.3 is 0 Å². The van der Waals surface area contributed by atoms with Crippen molar-refractivity contribution in [1.29, 1.82) is 0 Å². The minimum Gasteiger partial charge on any atom is -0.506 e. The summed E-state index contributed by atoms with van der Waals surface area (Å²) < 4.78 is 0. The van der Waals surface area contributed by atoms with Gasteiger partial charge < -0.3 is 10.4 Å². The SMILES string of the molecule is Cc1cc(Nc2ccccc2O)c2cccc(C)c2[nH+]1. The molecule has 0 bridgehead atoms. The van der Waals surface area contributed by atoms with E-state index >= 15 is 0 Å². The van der Waals surface area contributed by atoms with Crippen LogP contribution in [-0.2, 0) is 0 Å². The van der Waals surface area contributed by atoms with Crippen LogP contribution in [0.2, 0.25) is 0 Å². The lowest BCUT2D eigenvalue weighted by molar-refractivity contribution is -0.354. The lowest BCUT2D eigenvalue weighted by Gasteiger charge is -2.10. The first-order valence-corrected chi connectivity index (χ1v) is 6.62. The number of aromatic hydroxyl groups is 1. The summed E-state index contributed by atoms with van der Waals surface area (Å²) in [5, 5.41) is 14.3. The molecule has 100 valence electrons. The molecule has 3 nitrogen and oxygen atoms in total. The van der Waals surface area contributed by atoms with Gasteiger partial charge in [-0.3, -0.25) is 0 Å². The molecule has 3 aromatic rings. The molecule has 0 fully saturated rings. The molecule has 0 amide bonds. The second-order valence-electron chi connectivity index (χ2n) is 5.01. The van der Waals surface area contributed by atoms with E-state index in [1.165, 1.54) is 5.56 Å². The Morgan fingerprint density at radius 3 is 2.55 bits per heavy atom. The summed E-state index contributed by atoms with van der Waals surface area (Å²) in [5.41, 5.74) is 5.09. The Hall–Kier alpha value is -2.55. The highest BCUT2D eigenvalue weighted by molar-refractivity contribution is 5.93. The largest absolute Gasteiger partial charge is 0.506 e. The zero-order chi connectivity index (χ0) is 14.1. The Morgan fingerprint density at radius 2 is 1.75 bits per heavy atom. The molecule has 2 aromatic carbocycles. The van der Waals surface area contributed by atoms with Crippen molar-refractivity contribution in [3.63, 3.8) is 0 Å². The Kier molecular flexibility index (Phi) is 3.03. The summed E-state index contributed by atoms with van der Waals surface area (Å²) in [6.07, 6.45) is 0. The topological polar surface area (TPSA) is 46.4 Å². The molecule has 3 heteroatoms. The summed E-state index contributed by atoms with van der Waals surface area (Å²) in [7, 11) is 0. The molecule has 0 unspecified atom stereocenters. The van der Waals surface area contributed by atoms with Gasteiger partial charge in [-0.15, -0.1) is 0 Å². The number of fused-ring (bicyclic) bond motifs is 1. The van der Waals surface area contributed by atoms with Crippen molar-refractivity contribution >= 4 is 22.3 Å². The quantitative estimate of drug-likeness (QED) is 0.694. The van der Waals surface area contributed by atoms with Gasteiger partial charge in [0.1, 0.15) is 5.75 Å². The summed E-state index contributed by atoms with van der Waals surface area (Å²) in [5.74, 6) is 0.249. The van der Waals surface area contributed by atoms with Crippen LogP contribution >= 0.6 is 0 Å². The number of hydrogen-bond donors (Lipinski definition) is 2. The molecule has 3 rings (SSSR count). The van der Waals surface area contributed by atoms with Gasteiger partial charge in [-0.25, -0.2) is 4.98 Å². The maximum absolute atomic E-state index is 9.90. The number of H-pyrrole nitrogens is 1. The minimum atomic E-state index is 0.249. The number of aryl methyl sites for hydroxylation is 2. The van der Waals surface area contributed by atoms with Gasteiger partial charge in [-0.2, -0.15) is 0 Å². The number of nitrogens with one attached hydrogen (secondary N) is 2. The van der Waals surface area contributed by atoms with Gasteiger partial charge in [0.15, 0.2) is 5.69 Å². The van der Waals surface area contributed by atoms with E-state index < -0.39 is 0 Å². The predicted octanol–water partition coefficient (Wildman–Crippen LogP) is 3.72. The number of anilines is 2. The number of benzene rings is 2. The highest BCUT2D eigenvalue weighted by Gasteiger charge is 2.12. The molecule has 1 heterocycles. The second kappa shape index (κ2) is 4.85. The number of phenolic OH excluding ortho intramolecular Hbond substituents is 1. The highest BCUT2D eigenvalue weighted by Crippen LogP contribution is 2.30. The van der Waals surface area contributed by atoms with Gasteiger partial charge in [-0.05, 0) is 25.1 Å². The smallest absolute Gasteiger partial charge is 0.216 e. The number of phenols is 1. The van der Waals surface area contributed by atoms with Crippen molar-refractivity contribution in [3.8, 4) is 5.75 Å². The van der Waals surface area contributed by atoms with Crippen LogP contribution in [0.4, 0.5) is 11.4 Å². The molecular formula is C17H17N2O+. The van der Waals surface area contributed by atoms with Crippen LogP contribution in [0.25, 0.3) is 10.9 Å². The van der Waals surface area contributed by atoms with Gasteiger partial charge in [0, 0.05) is 18.6 Å². The number of aromatic nitrogens is 1. The van der Waals surface area contributed by atoms with Crippen molar-refractivity contribution in [1.82, 2.24) is 0 Å². The fourth-order valence-electron chi connectivity index (χ4n) is 2.41. The van der Waals surface area contributed by atoms with E-state index in [1.54, 1.807) is 6.07 Å². The van der Waals surface area contributed by atoms with Crippen molar-refractivity contribution in [2.45, 2.75) is 13.8 Å². The number of pyridine rings is 1. The van der Waals surface area contributed by atoms with Crippen LogP contribution < -0.4 is 10.3 Å². The molecule has 3 N–H and O–H groups in total. The van der Waals surface area contributed by atoms with Crippen molar-refractivity contribution in [2.75, 3.05) is 5.32 Å². The highest BCUT2D eigenvalue weighted by atomic mass is 16.3. The van der Waals surface area contributed by atoms with Crippen molar-refractivity contribution in [2.24, 2.45) is 0 Å². The minimum absolute atomic E-state index is 0.249. The van der Waals surface area contributed by atoms with E-state index in [0.29, 0.717) is 5.69 Å². The molecule has 0 saturated heterocycles. The van der Waals surface area contributed by atoms with E-state index in [0.717, 1.165) is 22.3 Å². The van der Waals surface area contributed by atoms with E-state index in [1.807, 2.05) is 37.3 Å². The molecule has 0 aliphatic heterocycles. The average molecular weight is 265 g/mol. The third kappa shape index (κ3) is 2.18. The lowest BCUT2D eigenvalue weighted by Crippen LogP contribution is -2.11. The first-order valence-electron chi connectivity index (χ1n) is 6.62. The second-order valence-corrected chi connectivity index (χ2v) is 5.01. The third-order valence-electron chi connectivity index (χ3n) is 3.42. The standard InChI is InChI=1S/C17H16N2O/c1-11-6-5-7-13-15(10-12(2)18-17(11)13)19-14-8-3-4-9-16(14)20/h3-10,20H,1-2H3,(H,18,19)/p+1. The molecule has 0 spiro atoms. The number of aromatic amines is 1. The molecule has 0 atom stereocenters. The van der Waals surface area contributed by atoms with E-state index in [-0.39, 0.29) is 5.75 Å². The molecule has 0 saturated carbocycles. The van der Waals surface area contributed by atoms with E-state index in [9.17, 15) is 5.11 Å². The zero-order valence-electron chi connectivity index (χ0n) is 11.6. The Labute approximate surface area is 117 Å².